The Morgan fingerprint density at radius 3 is 2.73 bits per heavy atom. The van der Waals surface area contributed by atoms with Gasteiger partial charge in [-0.1, -0.05) is 25.1 Å². The van der Waals surface area contributed by atoms with Gasteiger partial charge in [0, 0.05) is 6.42 Å². The van der Waals surface area contributed by atoms with Crippen LogP contribution in [0.1, 0.15) is 37.6 Å². The normalized spacial score (nSPS) is 18.0. The number of piperidine rings is 1. The average Bonchev–Trinajstić information content (AvgIpc) is 2.91. The summed E-state index contributed by atoms with van der Waals surface area (Å²) in [5.74, 6) is 1.06. The highest BCUT2D eigenvalue weighted by Gasteiger charge is 2.23. The van der Waals surface area contributed by atoms with Gasteiger partial charge in [0.15, 0.2) is 0 Å². The second-order valence-corrected chi connectivity index (χ2v) is 7.13. The predicted molar refractivity (Wildman–Crippen MR) is 108 cm³/mol. The van der Waals surface area contributed by atoms with Crippen LogP contribution in [0.25, 0.3) is 5.69 Å². The number of anilines is 1. The standard InChI is InChI=1S/C20H28N4O.ClH/c1-14(17-8-7-11-21-13-17)12-19(25)22-20-15(2)23-24(16(20)3)18-9-5-4-6-10-18;/h4-6,9-10,14,17,21H,7-8,11-13H2,1-3H3,(H,22,25);1H. The van der Waals surface area contributed by atoms with Crippen molar-refractivity contribution in [1.82, 2.24) is 15.1 Å². The van der Waals surface area contributed by atoms with Crippen molar-refractivity contribution in [3.8, 4) is 5.69 Å². The third kappa shape index (κ3) is 4.65. The van der Waals surface area contributed by atoms with Gasteiger partial charge in [0.2, 0.25) is 5.91 Å². The van der Waals surface area contributed by atoms with Crippen LogP contribution >= 0.6 is 12.4 Å². The largest absolute Gasteiger partial charge is 0.323 e. The highest BCUT2D eigenvalue weighted by molar-refractivity contribution is 5.92. The van der Waals surface area contributed by atoms with Crippen LogP contribution in [0.3, 0.4) is 0 Å². The van der Waals surface area contributed by atoms with E-state index >= 15 is 0 Å². The van der Waals surface area contributed by atoms with Crippen molar-refractivity contribution in [1.29, 1.82) is 0 Å². The van der Waals surface area contributed by atoms with Gasteiger partial charge < -0.3 is 10.6 Å². The van der Waals surface area contributed by atoms with Crippen LogP contribution in [0.5, 0.6) is 0 Å². The lowest BCUT2D eigenvalue weighted by molar-refractivity contribution is -0.117. The van der Waals surface area contributed by atoms with Crippen LogP contribution in [-0.2, 0) is 4.79 Å². The zero-order valence-corrected chi connectivity index (χ0v) is 16.6. The molecule has 5 nitrogen and oxygen atoms in total. The minimum Gasteiger partial charge on any atom is -0.323 e. The van der Waals surface area contributed by atoms with Crippen molar-refractivity contribution < 1.29 is 4.79 Å². The smallest absolute Gasteiger partial charge is 0.224 e. The lowest BCUT2D eigenvalue weighted by Gasteiger charge is -2.28. The molecular weight excluding hydrogens is 348 g/mol. The fraction of sp³-hybridized carbons (Fsp3) is 0.500. The van der Waals surface area contributed by atoms with Crippen LogP contribution in [0.2, 0.25) is 0 Å². The Labute approximate surface area is 162 Å². The molecule has 6 heteroatoms. The molecule has 1 aromatic heterocycles. The molecule has 1 saturated heterocycles. The molecule has 2 unspecified atom stereocenters. The number of para-hydroxylation sites is 1. The summed E-state index contributed by atoms with van der Waals surface area (Å²) in [5.41, 5.74) is 3.65. The summed E-state index contributed by atoms with van der Waals surface area (Å²) < 4.78 is 1.89. The fourth-order valence-electron chi connectivity index (χ4n) is 3.66. The lowest BCUT2D eigenvalue weighted by Crippen LogP contribution is -2.34. The number of halogens is 1. The number of nitrogens with one attached hydrogen (secondary N) is 2. The van der Waals surface area contributed by atoms with Crippen LogP contribution < -0.4 is 10.6 Å². The number of aromatic nitrogens is 2. The van der Waals surface area contributed by atoms with Gasteiger partial charge in [0.25, 0.3) is 0 Å². The van der Waals surface area contributed by atoms with Crippen molar-refractivity contribution in [3.63, 3.8) is 0 Å². The minimum atomic E-state index is 0. The van der Waals surface area contributed by atoms with Crippen LogP contribution in [0, 0.1) is 25.7 Å². The second kappa shape index (κ2) is 9.19. The molecule has 0 spiro atoms. The molecule has 1 amide bonds. The van der Waals surface area contributed by atoms with Crippen LogP contribution in [-0.4, -0.2) is 28.8 Å². The molecule has 2 aromatic rings. The molecular formula is C20H29ClN4O. The average molecular weight is 377 g/mol. The Bertz CT molecular complexity index is 723. The van der Waals surface area contributed by atoms with E-state index in [0.29, 0.717) is 18.3 Å². The summed E-state index contributed by atoms with van der Waals surface area (Å²) in [5, 5.41) is 11.1. The van der Waals surface area contributed by atoms with E-state index in [-0.39, 0.29) is 18.3 Å². The molecule has 142 valence electrons. The molecule has 1 fully saturated rings. The van der Waals surface area contributed by atoms with E-state index < -0.39 is 0 Å². The van der Waals surface area contributed by atoms with Crippen molar-refractivity contribution in [3.05, 3.63) is 41.7 Å². The number of aryl methyl sites for hydroxylation is 1. The van der Waals surface area contributed by atoms with E-state index in [1.807, 2.05) is 48.9 Å². The number of rotatable bonds is 5. The van der Waals surface area contributed by atoms with E-state index in [1.165, 1.54) is 12.8 Å². The van der Waals surface area contributed by atoms with Gasteiger partial charge in [-0.3, -0.25) is 4.79 Å². The first-order valence-corrected chi connectivity index (χ1v) is 9.18. The first kappa shape index (κ1) is 20.5. The van der Waals surface area contributed by atoms with Crippen molar-refractivity contribution >= 4 is 24.0 Å². The topological polar surface area (TPSA) is 59.0 Å². The SMILES string of the molecule is Cc1nn(-c2ccccc2)c(C)c1NC(=O)CC(C)C1CCCNC1.Cl. The minimum absolute atomic E-state index is 0. The highest BCUT2D eigenvalue weighted by Crippen LogP contribution is 2.25. The molecule has 0 aliphatic carbocycles. The van der Waals surface area contributed by atoms with Crippen LogP contribution in [0.4, 0.5) is 5.69 Å². The Hall–Kier alpha value is -1.85. The van der Waals surface area contributed by atoms with Gasteiger partial charge in [-0.15, -0.1) is 12.4 Å². The number of benzene rings is 1. The zero-order chi connectivity index (χ0) is 17.8. The molecule has 0 radical (unpaired) electrons. The lowest BCUT2D eigenvalue weighted by atomic mass is 9.85. The first-order chi connectivity index (χ1) is 12.1. The summed E-state index contributed by atoms with van der Waals surface area (Å²) in [7, 11) is 0. The van der Waals surface area contributed by atoms with Gasteiger partial charge in [0.05, 0.1) is 22.8 Å². The summed E-state index contributed by atoms with van der Waals surface area (Å²) in [6.45, 7) is 8.25. The highest BCUT2D eigenvalue weighted by atomic mass is 35.5. The second-order valence-electron chi connectivity index (χ2n) is 7.13. The molecule has 2 heterocycles. The Balaban J connectivity index is 0.00000243. The number of nitrogens with zero attached hydrogens (tertiary/aromatic N) is 2. The molecule has 1 aromatic carbocycles. The summed E-state index contributed by atoms with van der Waals surface area (Å²) in [6.07, 6.45) is 2.98. The quantitative estimate of drug-likeness (QED) is 0.832. The predicted octanol–water partition coefficient (Wildman–Crippen LogP) is 3.88. The van der Waals surface area contributed by atoms with Gasteiger partial charge in [-0.2, -0.15) is 5.10 Å². The molecule has 2 atom stereocenters. The third-order valence-electron chi connectivity index (χ3n) is 5.20. The molecule has 0 bridgehead atoms. The Kier molecular flexibility index (Phi) is 7.23. The van der Waals surface area contributed by atoms with E-state index in [2.05, 4.69) is 22.7 Å². The molecule has 2 N–H and O–H groups in total. The summed E-state index contributed by atoms with van der Waals surface area (Å²) in [6, 6.07) is 10.00. The van der Waals surface area contributed by atoms with Crippen molar-refractivity contribution in [2.45, 2.75) is 40.0 Å². The number of amides is 1. The molecule has 1 aliphatic rings. The van der Waals surface area contributed by atoms with Gasteiger partial charge in [0.1, 0.15) is 0 Å². The first-order valence-electron chi connectivity index (χ1n) is 9.18. The molecule has 1 aliphatic heterocycles. The monoisotopic (exact) mass is 376 g/mol. The van der Waals surface area contributed by atoms with Crippen molar-refractivity contribution in [2.24, 2.45) is 11.8 Å². The fourth-order valence-corrected chi connectivity index (χ4v) is 3.66. The number of carbonyl (C=O) groups is 1. The van der Waals surface area contributed by atoms with E-state index in [4.69, 9.17) is 0 Å². The van der Waals surface area contributed by atoms with Gasteiger partial charge >= 0.3 is 0 Å². The van der Waals surface area contributed by atoms with Crippen LogP contribution in [0.15, 0.2) is 30.3 Å². The molecule has 0 saturated carbocycles. The van der Waals surface area contributed by atoms with E-state index in [9.17, 15) is 4.79 Å². The number of carbonyl (C=O) groups excluding carboxylic acids is 1. The maximum absolute atomic E-state index is 12.5. The summed E-state index contributed by atoms with van der Waals surface area (Å²) in [4.78, 5) is 12.5. The Morgan fingerprint density at radius 2 is 2.08 bits per heavy atom. The maximum atomic E-state index is 12.5. The number of hydrogen-bond acceptors (Lipinski definition) is 3. The number of hydrogen-bond donors (Lipinski definition) is 2. The third-order valence-corrected chi connectivity index (χ3v) is 5.20. The Morgan fingerprint density at radius 1 is 1.35 bits per heavy atom. The van der Waals surface area contributed by atoms with Crippen molar-refractivity contribution in [2.75, 3.05) is 18.4 Å². The van der Waals surface area contributed by atoms with Gasteiger partial charge in [-0.25, -0.2) is 4.68 Å². The summed E-state index contributed by atoms with van der Waals surface area (Å²) >= 11 is 0. The zero-order valence-electron chi connectivity index (χ0n) is 15.8. The molecule has 3 rings (SSSR count). The maximum Gasteiger partial charge on any atom is 0.224 e. The van der Waals surface area contributed by atoms with E-state index in [1.54, 1.807) is 0 Å². The van der Waals surface area contributed by atoms with E-state index in [0.717, 1.165) is 35.9 Å². The van der Waals surface area contributed by atoms with Gasteiger partial charge in [-0.05, 0) is 63.7 Å². The molecule has 26 heavy (non-hydrogen) atoms.